The van der Waals surface area contributed by atoms with Crippen molar-refractivity contribution in [2.24, 2.45) is 11.7 Å². The van der Waals surface area contributed by atoms with Gasteiger partial charge in [0.05, 0.1) is 10.9 Å². The molecule has 5 rings (SSSR count). The summed E-state index contributed by atoms with van der Waals surface area (Å²) in [5.41, 5.74) is 7.64. The first kappa shape index (κ1) is 22.5. The van der Waals surface area contributed by atoms with Gasteiger partial charge in [-0.05, 0) is 49.3 Å². The number of thiophene rings is 2. The molecule has 3 heterocycles. The maximum atomic E-state index is 13.4. The number of rotatable bonds is 5. The Bertz CT molecular complexity index is 1480. The molecular formula is C25H24N4O3S2. The summed E-state index contributed by atoms with van der Waals surface area (Å²) in [6.45, 7) is 3.77. The Labute approximate surface area is 204 Å². The van der Waals surface area contributed by atoms with E-state index in [-0.39, 0.29) is 17.7 Å². The molecule has 1 aliphatic rings. The second kappa shape index (κ2) is 8.81. The minimum absolute atomic E-state index is 0.184. The molecule has 1 unspecified atom stereocenters. The van der Waals surface area contributed by atoms with Gasteiger partial charge in [-0.1, -0.05) is 37.3 Å². The molecule has 1 aromatic carbocycles. The molecule has 0 saturated carbocycles. The van der Waals surface area contributed by atoms with Gasteiger partial charge in [0.25, 0.3) is 11.5 Å². The molecule has 4 aromatic rings. The van der Waals surface area contributed by atoms with Crippen LogP contribution in [0, 0.1) is 12.8 Å². The lowest BCUT2D eigenvalue weighted by Crippen LogP contribution is -2.30. The van der Waals surface area contributed by atoms with Gasteiger partial charge in [-0.2, -0.15) is 0 Å². The largest absolute Gasteiger partial charge is 0.366 e. The molecule has 0 spiro atoms. The Balaban J connectivity index is 1.45. The molecule has 1 aliphatic carbocycles. The van der Waals surface area contributed by atoms with E-state index in [4.69, 9.17) is 5.73 Å². The molecule has 3 N–H and O–H groups in total. The molecule has 174 valence electrons. The molecule has 1 atom stereocenters. The number of nitrogens with one attached hydrogen (secondary N) is 1. The zero-order chi connectivity index (χ0) is 24.0. The van der Waals surface area contributed by atoms with Crippen molar-refractivity contribution in [2.45, 2.75) is 39.7 Å². The molecule has 34 heavy (non-hydrogen) atoms. The van der Waals surface area contributed by atoms with Crippen molar-refractivity contribution in [1.82, 2.24) is 9.55 Å². The van der Waals surface area contributed by atoms with E-state index in [1.54, 1.807) is 24.3 Å². The van der Waals surface area contributed by atoms with E-state index < -0.39 is 11.8 Å². The fourth-order valence-electron chi connectivity index (χ4n) is 4.43. The summed E-state index contributed by atoms with van der Waals surface area (Å²) in [5.74, 6) is 0.0589. The lowest BCUT2D eigenvalue weighted by molar-refractivity contribution is -0.116. The Hall–Kier alpha value is -3.30. The summed E-state index contributed by atoms with van der Waals surface area (Å²) in [7, 11) is 0. The number of primary amides is 1. The zero-order valence-corrected chi connectivity index (χ0v) is 20.5. The molecular weight excluding hydrogens is 468 g/mol. The Kier molecular flexibility index (Phi) is 5.83. The predicted molar refractivity (Wildman–Crippen MR) is 137 cm³/mol. The van der Waals surface area contributed by atoms with E-state index in [1.807, 2.05) is 30.3 Å². The number of nitrogens with two attached hydrogens (primary N) is 1. The Morgan fingerprint density at radius 2 is 2.00 bits per heavy atom. The highest BCUT2D eigenvalue weighted by atomic mass is 32.1. The highest BCUT2D eigenvalue weighted by molar-refractivity contribution is 7.20. The summed E-state index contributed by atoms with van der Waals surface area (Å²) in [6.07, 6.45) is 2.88. The van der Waals surface area contributed by atoms with Crippen LogP contribution in [0.15, 0.2) is 41.2 Å². The number of aryl methyl sites for hydroxylation is 2. The van der Waals surface area contributed by atoms with Crippen LogP contribution in [0.2, 0.25) is 0 Å². The van der Waals surface area contributed by atoms with Crippen molar-refractivity contribution in [1.29, 1.82) is 0 Å². The van der Waals surface area contributed by atoms with Crippen molar-refractivity contribution in [2.75, 3.05) is 5.32 Å². The van der Waals surface area contributed by atoms with Crippen molar-refractivity contribution in [3.8, 4) is 10.4 Å². The molecule has 0 radical (unpaired) electrons. The highest BCUT2D eigenvalue weighted by Crippen LogP contribution is 2.36. The average molecular weight is 493 g/mol. The fourth-order valence-corrected chi connectivity index (χ4v) is 6.94. The van der Waals surface area contributed by atoms with Crippen LogP contribution in [0.3, 0.4) is 0 Å². The first-order valence-corrected chi connectivity index (χ1v) is 12.8. The van der Waals surface area contributed by atoms with E-state index in [0.29, 0.717) is 22.1 Å². The maximum absolute atomic E-state index is 13.4. The van der Waals surface area contributed by atoms with Crippen molar-refractivity contribution < 1.29 is 9.59 Å². The second-order valence-corrected chi connectivity index (χ2v) is 10.8. The standard InChI is InChI=1S/C25H24N4O3S2/c1-13-8-9-16-19(10-13)34-24-21(16)25(32)29(14(2)27-24)12-20(30)28-23-17(22(26)31)11-18(33-23)15-6-4-3-5-7-15/h3-7,11,13H,8-10,12H2,1-2H3,(H2,26,31)(H,28,30). The highest BCUT2D eigenvalue weighted by Gasteiger charge is 2.25. The number of amides is 2. The predicted octanol–water partition coefficient (Wildman–Crippen LogP) is 4.36. The Morgan fingerprint density at radius 3 is 2.74 bits per heavy atom. The first-order valence-electron chi connectivity index (χ1n) is 11.1. The number of carbonyl (C=O) groups excluding carboxylic acids is 2. The third-order valence-electron chi connectivity index (χ3n) is 6.22. The van der Waals surface area contributed by atoms with Crippen molar-refractivity contribution in [3.05, 3.63) is 68.6 Å². The van der Waals surface area contributed by atoms with E-state index in [2.05, 4.69) is 17.2 Å². The van der Waals surface area contributed by atoms with Gasteiger partial charge in [0.2, 0.25) is 5.91 Å². The fraction of sp³-hybridized carbons (Fsp3) is 0.280. The summed E-state index contributed by atoms with van der Waals surface area (Å²) in [5, 5.41) is 3.81. The van der Waals surface area contributed by atoms with E-state index in [0.717, 1.165) is 40.1 Å². The zero-order valence-electron chi connectivity index (χ0n) is 18.9. The van der Waals surface area contributed by atoms with Gasteiger partial charge in [-0.3, -0.25) is 19.0 Å². The molecule has 0 bridgehead atoms. The third-order valence-corrected chi connectivity index (χ3v) is 8.46. The molecule has 0 aliphatic heterocycles. The number of benzene rings is 1. The molecule has 2 amide bonds. The van der Waals surface area contributed by atoms with Gasteiger partial charge in [-0.25, -0.2) is 4.98 Å². The Morgan fingerprint density at radius 1 is 1.24 bits per heavy atom. The number of carbonyl (C=O) groups is 2. The van der Waals surface area contributed by atoms with Crippen molar-refractivity contribution in [3.63, 3.8) is 0 Å². The number of aromatic nitrogens is 2. The van der Waals surface area contributed by atoms with Gasteiger partial charge < -0.3 is 11.1 Å². The number of anilines is 1. The maximum Gasteiger partial charge on any atom is 0.263 e. The van der Waals surface area contributed by atoms with Crippen molar-refractivity contribution >= 4 is 49.7 Å². The minimum Gasteiger partial charge on any atom is -0.366 e. The van der Waals surface area contributed by atoms with Crippen LogP contribution < -0.4 is 16.6 Å². The number of hydrogen-bond acceptors (Lipinski definition) is 6. The third kappa shape index (κ3) is 4.05. The monoisotopic (exact) mass is 492 g/mol. The first-order chi connectivity index (χ1) is 16.3. The van der Waals surface area contributed by atoms with Gasteiger partial charge in [0, 0.05) is 9.75 Å². The molecule has 0 fully saturated rings. The molecule has 0 saturated heterocycles. The van der Waals surface area contributed by atoms with Crippen LogP contribution in [0.4, 0.5) is 5.00 Å². The average Bonchev–Trinajstić information content (AvgIpc) is 3.38. The van der Waals surface area contributed by atoms with E-state index in [1.165, 1.54) is 20.8 Å². The molecule has 3 aromatic heterocycles. The SMILES string of the molecule is Cc1nc2sc3c(c2c(=O)n1CC(=O)Nc1sc(-c2ccccc2)cc1C(N)=O)CCC(C)C3. The number of hydrogen-bond donors (Lipinski definition) is 2. The van der Waals surface area contributed by atoms with Gasteiger partial charge in [0.15, 0.2) is 0 Å². The van der Waals surface area contributed by atoms with Crippen LogP contribution in [0.5, 0.6) is 0 Å². The van der Waals surface area contributed by atoms with E-state index in [9.17, 15) is 14.4 Å². The second-order valence-electron chi connectivity index (χ2n) is 8.71. The van der Waals surface area contributed by atoms with Crippen LogP contribution >= 0.6 is 22.7 Å². The van der Waals surface area contributed by atoms with Crippen LogP contribution in [0.1, 0.15) is 40.0 Å². The molecule has 7 nitrogen and oxygen atoms in total. The van der Waals surface area contributed by atoms with Crippen LogP contribution in [0.25, 0.3) is 20.7 Å². The summed E-state index contributed by atoms with van der Waals surface area (Å²) in [6, 6.07) is 11.2. The van der Waals surface area contributed by atoms with Crippen LogP contribution in [-0.4, -0.2) is 21.4 Å². The van der Waals surface area contributed by atoms with Gasteiger partial charge >= 0.3 is 0 Å². The van der Waals surface area contributed by atoms with Crippen LogP contribution in [-0.2, 0) is 24.2 Å². The lowest BCUT2D eigenvalue weighted by atomic mass is 9.89. The summed E-state index contributed by atoms with van der Waals surface area (Å²) >= 11 is 2.87. The topological polar surface area (TPSA) is 107 Å². The summed E-state index contributed by atoms with van der Waals surface area (Å²) < 4.78 is 1.42. The summed E-state index contributed by atoms with van der Waals surface area (Å²) in [4.78, 5) is 45.8. The lowest BCUT2D eigenvalue weighted by Gasteiger charge is -2.17. The number of fused-ring (bicyclic) bond motifs is 3. The minimum atomic E-state index is -0.621. The van der Waals surface area contributed by atoms with Gasteiger partial charge in [-0.15, -0.1) is 22.7 Å². The normalized spacial score (nSPS) is 15.3. The quantitative estimate of drug-likeness (QED) is 0.432. The smallest absolute Gasteiger partial charge is 0.263 e. The number of nitrogens with zero attached hydrogens (tertiary/aromatic N) is 2. The van der Waals surface area contributed by atoms with E-state index >= 15 is 0 Å². The van der Waals surface area contributed by atoms with Gasteiger partial charge in [0.1, 0.15) is 22.2 Å². The molecule has 9 heteroatoms.